The molecule has 0 saturated heterocycles. The van der Waals surface area contributed by atoms with Gasteiger partial charge >= 0.3 is 0 Å². The highest BCUT2D eigenvalue weighted by atomic mass is 32.2. The lowest BCUT2D eigenvalue weighted by molar-refractivity contribution is 0.224. The van der Waals surface area contributed by atoms with E-state index in [9.17, 15) is 12.8 Å². The van der Waals surface area contributed by atoms with Crippen LogP contribution in [-0.4, -0.2) is 40.3 Å². The van der Waals surface area contributed by atoms with Gasteiger partial charge in [0.25, 0.3) is 0 Å². The van der Waals surface area contributed by atoms with Crippen LogP contribution in [0.1, 0.15) is 18.1 Å². The molecule has 28 heavy (non-hydrogen) atoms. The van der Waals surface area contributed by atoms with Crippen LogP contribution in [0.5, 0.6) is 5.75 Å². The maximum Gasteiger partial charge on any atom is 0.191 e. The molecular formula is C20H26FN3O3S. The molecule has 2 aromatic rings. The van der Waals surface area contributed by atoms with Crippen molar-refractivity contribution >= 4 is 15.8 Å². The Hall–Kier alpha value is -2.61. The van der Waals surface area contributed by atoms with Gasteiger partial charge in [-0.3, -0.25) is 4.99 Å². The van der Waals surface area contributed by atoms with Crippen LogP contribution in [0.4, 0.5) is 4.39 Å². The fourth-order valence-electron chi connectivity index (χ4n) is 2.60. The molecular weight excluding hydrogens is 381 g/mol. The molecule has 8 heteroatoms. The van der Waals surface area contributed by atoms with Crippen molar-refractivity contribution < 1.29 is 17.5 Å². The number of sulfone groups is 1. The molecule has 0 aliphatic carbocycles. The summed E-state index contributed by atoms with van der Waals surface area (Å²) in [6, 6.07) is 13.6. The molecule has 0 spiro atoms. The van der Waals surface area contributed by atoms with Crippen molar-refractivity contribution in [2.24, 2.45) is 4.99 Å². The van der Waals surface area contributed by atoms with E-state index in [0.29, 0.717) is 23.6 Å². The summed E-state index contributed by atoms with van der Waals surface area (Å²) in [7, 11) is -1.59. The summed E-state index contributed by atoms with van der Waals surface area (Å²) in [4.78, 5) is 4.14. The van der Waals surface area contributed by atoms with Crippen molar-refractivity contribution in [3.63, 3.8) is 0 Å². The molecule has 1 atom stereocenters. The van der Waals surface area contributed by atoms with Crippen molar-refractivity contribution in [3.05, 3.63) is 65.5 Å². The molecule has 6 nitrogen and oxygen atoms in total. The zero-order valence-corrected chi connectivity index (χ0v) is 17.1. The molecule has 0 saturated carbocycles. The van der Waals surface area contributed by atoms with Crippen LogP contribution < -0.4 is 15.4 Å². The normalized spacial score (nSPS) is 13.1. The number of rotatable bonds is 8. The number of ether oxygens (including phenoxy) is 1. The van der Waals surface area contributed by atoms with E-state index in [4.69, 9.17) is 4.74 Å². The van der Waals surface area contributed by atoms with E-state index in [1.54, 1.807) is 7.05 Å². The standard InChI is InChI=1S/C20H26FN3O3S/c1-15(27-19-7-5-4-6-8-19)12-23-20(22-2)24-13-17-11-18(21)10-9-16(17)14-28(3,25)26/h4-11,15H,12-14H2,1-3H3,(H2,22,23,24). The number of para-hydroxylation sites is 1. The van der Waals surface area contributed by atoms with E-state index in [0.717, 1.165) is 12.0 Å². The highest BCUT2D eigenvalue weighted by Gasteiger charge is 2.12. The van der Waals surface area contributed by atoms with Gasteiger partial charge in [0.05, 0.1) is 12.3 Å². The minimum atomic E-state index is -3.22. The molecule has 0 bridgehead atoms. The first-order valence-corrected chi connectivity index (χ1v) is 10.9. The van der Waals surface area contributed by atoms with Crippen molar-refractivity contribution in [2.45, 2.75) is 25.3 Å². The summed E-state index contributed by atoms with van der Waals surface area (Å²) >= 11 is 0. The number of nitrogens with zero attached hydrogens (tertiary/aromatic N) is 1. The maximum absolute atomic E-state index is 13.6. The molecule has 0 fully saturated rings. The van der Waals surface area contributed by atoms with E-state index in [1.807, 2.05) is 37.3 Å². The molecule has 2 rings (SSSR count). The van der Waals surface area contributed by atoms with E-state index in [2.05, 4.69) is 15.6 Å². The number of aliphatic imine (C=N–C) groups is 1. The van der Waals surface area contributed by atoms with Gasteiger partial charge in [0.15, 0.2) is 15.8 Å². The Morgan fingerprint density at radius 3 is 2.50 bits per heavy atom. The average Bonchev–Trinajstić information content (AvgIpc) is 2.63. The highest BCUT2D eigenvalue weighted by Crippen LogP contribution is 2.14. The van der Waals surface area contributed by atoms with Crippen molar-refractivity contribution in [2.75, 3.05) is 19.8 Å². The van der Waals surface area contributed by atoms with Gasteiger partial charge in [-0.25, -0.2) is 12.8 Å². The van der Waals surface area contributed by atoms with Crippen LogP contribution in [0, 0.1) is 5.82 Å². The first-order valence-electron chi connectivity index (χ1n) is 8.88. The van der Waals surface area contributed by atoms with Crippen LogP contribution in [0.25, 0.3) is 0 Å². The van der Waals surface area contributed by atoms with Crippen LogP contribution in [-0.2, 0) is 22.1 Å². The van der Waals surface area contributed by atoms with Gasteiger partial charge in [0.1, 0.15) is 17.7 Å². The first-order chi connectivity index (χ1) is 13.3. The third kappa shape index (κ3) is 7.56. The predicted octanol–water partition coefficient (Wildman–Crippen LogP) is 2.50. The Kier molecular flexibility index (Phi) is 7.80. The minimum absolute atomic E-state index is 0.101. The summed E-state index contributed by atoms with van der Waals surface area (Å²) in [5.41, 5.74) is 1.13. The lowest BCUT2D eigenvalue weighted by Crippen LogP contribution is -2.41. The second-order valence-corrected chi connectivity index (χ2v) is 8.67. The monoisotopic (exact) mass is 407 g/mol. The smallest absolute Gasteiger partial charge is 0.191 e. The number of benzene rings is 2. The molecule has 0 amide bonds. The van der Waals surface area contributed by atoms with Crippen molar-refractivity contribution in [1.82, 2.24) is 10.6 Å². The van der Waals surface area contributed by atoms with Crippen molar-refractivity contribution in [3.8, 4) is 5.75 Å². The molecule has 2 N–H and O–H groups in total. The number of nitrogens with one attached hydrogen (secondary N) is 2. The second kappa shape index (κ2) is 10.1. The lowest BCUT2D eigenvalue weighted by Gasteiger charge is -2.18. The van der Waals surface area contributed by atoms with E-state index in [1.165, 1.54) is 18.2 Å². The van der Waals surface area contributed by atoms with Gasteiger partial charge in [-0.1, -0.05) is 24.3 Å². The van der Waals surface area contributed by atoms with E-state index in [-0.39, 0.29) is 18.4 Å². The quantitative estimate of drug-likeness (QED) is 0.519. The molecule has 0 aromatic heterocycles. The Morgan fingerprint density at radius 1 is 1.14 bits per heavy atom. The summed E-state index contributed by atoms with van der Waals surface area (Å²) in [6.07, 6.45) is 1.05. The van der Waals surface area contributed by atoms with Gasteiger partial charge < -0.3 is 15.4 Å². The van der Waals surface area contributed by atoms with E-state index < -0.39 is 15.7 Å². The zero-order valence-electron chi connectivity index (χ0n) is 16.3. The highest BCUT2D eigenvalue weighted by molar-refractivity contribution is 7.89. The summed E-state index contributed by atoms with van der Waals surface area (Å²) in [5.74, 6) is 0.739. The second-order valence-electron chi connectivity index (χ2n) is 6.53. The fraction of sp³-hybridized carbons (Fsp3) is 0.350. The van der Waals surface area contributed by atoms with Crippen molar-refractivity contribution in [1.29, 1.82) is 0 Å². The Balaban J connectivity index is 1.92. The minimum Gasteiger partial charge on any atom is -0.489 e. The third-order valence-corrected chi connectivity index (χ3v) is 4.73. The molecule has 0 radical (unpaired) electrons. The molecule has 0 aliphatic heterocycles. The molecule has 152 valence electrons. The van der Waals surface area contributed by atoms with Gasteiger partial charge in [-0.05, 0) is 42.3 Å². The van der Waals surface area contributed by atoms with Crippen LogP contribution in [0.3, 0.4) is 0 Å². The predicted molar refractivity (Wildman–Crippen MR) is 110 cm³/mol. The van der Waals surface area contributed by atoms with Gasteiger partial charge in [-0.15, -0.1) is 0 Å². The lowest BCUT2D eigenvalue weighted by atomic mass is 10.1. The number of hydrogen-bond donors (Lipinski definition) is 2. The Labute approximate surface area is 165 Å². The Bertz CT molecular complexity index is 902. The van der Waals surface area contributed by atoms with Crippen LogP contribution >= 0.6 is 0 Å². The van der Waals surface area contributed by atoms with Gasteiger partial charge in [-0.2, -0.15) is 0 Å². The first kappa shape index (κ1) is 21.7. The number of guanidine groups is 1. The maximum atomic E-state index is 13.6. The van der Waals surface area contributed by atoms with Crippen LogP contribution in [0.15, 0.2) is 53.5 Å². The third-order valence-electron chi connectivity index (χ3n) is 3.89. The SMILES string of the molecule is CN=C(NCc1cc(F)ccc1CS(C)(=O)=O)NCC(C)Oc1ccccc1. The topological polar surface area (TPSA) is 79.8 Å². The molecule has 0 aliphatic rings. The zero-order chi connectivity index (χ0) is 20.6. The summed E-state index contributed by atoms with van der Waals surface area (Å²) in [5, 5.41) is 6.22. The van der Waals surface area contributed by atoms with Gasteiger partial charge in [0.2, 0.25) is 0 Å². The number of halogens is 1. The Morgan fingerprint density at radius 2 is 1.86 bits per heavy atom. The molecule has 2 aromatic carbocycles. The number of hydrogen-bond acceptors (Lipinski definition) is 4. The molecule has 0 heterocycles. The van der Waals surface area contributed by atoms with E-state index >= 15 is 0 Å². The fourth-order valence-corrected chi connectivity index (χ4v) is 3.44. The van der Waals surface area contributed by atoms with Gasteiger partial charge in [0, 0.05) is 19.8 Å². The summed E-state index contributed by atoms with van der Waals surface area (Å²) in [6.45, 7) is 2.69. The largest absolute Gasteiger partial charge is 0.489 e. The average molecular weight is 408 g/mol. The molecule has 1 unspecified atom stereocenters. The summed E-state index contributed by atoms with van der Waals surface area (Å²) < 4.78 is 42.6. The van der Waals surface area contributed by atoms with Crippen LogP contribution in [0.2, 0.25) is 0 Å².